The predicted octanol–water partition coefficient (Wildman–Crippen LogP) is 3.33. The first kappa shape index (κ1) is 14.0. The Labute approximate surface area is 115 Å². The van der Waals surface area contributed by atoms with E-state index >= 15 is 0 Å². The van der Waals surface area contributed by atoms with E-state index in [4.69, 9.17) is 4.74 Å². The topological polar surface area (TPSA) is 21.3 Å². The SMILES string of the molecule is CC(C)[C@@H]1OCC[C@@H]1CN[C@H](C)Cc1ccsc1. The van der Waals surface area contributed by atoms with Gasteiger partial charge in [-0.2, -0.15) is 11.3 Å². The molecule has 0 amide bonds. The third-order valence-electron chi connectivity index (χ3n) is 3.77. The Morgan fingerprint density at radius 3 is 2.94 bits per heavy atom. The van der Waals surface area contributed by atoms with Crippen LogP contribution in [0.2, 0.25) is 0 Å². The maximum atomic E-state index is 5.83. The minimum atomic E-state index is 0.450. The second-order valence-electron chi connectivity index (χ2n) is 5.77. The van der Waals surface area contributed by atoms with Crippen molar-refractivity contribution in [2.45, 2.75) is 45.8 Å². The molecule has 3 heteroatoms. The van der Waals surface area contributed by atoms with E-state index in [2.05, 4.69) is 42.9 Å². The molecule has 18 heavy (non-hydrogen) atoms. The van der Waals surface area contributed by atoms with Crippen molar-refractivity contribution >= 4 is 11.3 Å². The van der Waals surface area contributed by atoms with Crippen LogP contribution < -0.4 is 5.32 Å². The molecule has 0 aliphatic carbocycles. The van der Waals surface area contributed by atoms with Crippen molar-refractivity contribution in [3.63, 3.8) is 0 Å². The van der Waals surface area contributed by atoms with Crippen molar-refractivity contribution in [2.75, 3.05) is 13.2 Å². The molecule has 1 N–H and O–H groups in total. The quantitative estimate of drug-likeness (QED) is 0.853. The molecule has 0 aromatic carbocycles. The molecular formula is C15H25NOS. The molecule has 0 bridgehead atoms. The lowest BCUT2D eigenvalue weighted by Gasteiger charge is -2.24. The zero-order valence-electron chi connectivity index (χ0n) is 11.7. The van der Waals surface area contributed by atoms with E-state index in [0.717, 1.165) is 19.6 Å². The van der Waals surface area contributed by atoms with Crippen molar-refractivity contribution in [1.82, 2.24) is 5.32 Å². The normalized spacial score (nSPS) is 25.8. The number of rotatable bonds is 6. The number of ether oxygens (including phenoxy) is 1. The molecule has 1 saturated heterocycles. The van der Waals surface area contributed by atoms with Gasteiger partial charge in [0.25, 0.3) is 0 Å². The second-order valence-corrected chi connectivity index (χ2v) is 6.55. The fourth-order valence-electron chi connectivity index (χ4n) is 2.80. The summed E-state index contributed by atoms with van der Waals surface area (Å²) in [5.74, 6) is 1.32. The molecule has 0 radical (unpaired) electrons. The monoisotopic (exact) mass is 267 g/mol. The summed E-state index contributed by atoms with van der Waals surface area (Å²) in [7, 11) is 0. The van der Waals surface area contributed by atoms with E-state index in [1.54, 1.807) is 11.3 Å². The molecule has 1 aliphatic heterocycles. The van der Waals surface area contributed by atoms with Crippen LogP contribution in [-0.2, 0) is 11.2 Å². The first-order chi connectivity index (χ1) is 8.66. The lowest BCUT2D eigenvalue weighted by atomic mass is 9.92. The van der Waals surface area contributed by atoms with Crippen LogP contribution >= 0.6 is 11.3 Å². The van der Waals surface area contributed by atoms with Gasteiger partial charge in [-0.05, 0) is 54.0 Å². The van der Waals surface area contributed by atoms with Crippen LogP contribution in [0.5, 0.6) is 0 Å². The first-order valence-electron chi connectivity index (χ1n) is 7.03. The fraction of sp³-hybridized carbons (Fsp3) is 0.733. The molecule has 2 nitrogen and oxygen atoms in total. The van der Waals surface area contributed by atoms with Gasteiger partial charge in [0, 0.05) is 19.2 Å². The standard InChI is InChI=1S/C15H25NOS/c1-11(2)15-14(4-6-17-15)9-16-12(3)8-13-5-7-18-10-13/h5,7,10-12,14-16H,4,6,8-9H2,1-3H3/t12-,14-,15+/m1/s1. The average molecular weight is 267 g/mol. The summed E-state index contributed by atoms with van der Waals surface area (Å²) in [6.45, 7) is 8.83. The summed E-state index contributed by atoms with van der Waals surface area (Å²) in [5.41, 5.74) is 1.45. The Balaban J connectivity index is 1.73. The minimum Gasteiger partial charge on any atom is -0.378 e. The molecule has 2 rings (SSSR count). The Morgan fingerprint density at radius 1 is 1.44 bits per heavy atom. The van der Waals surface area contributed by atoms with Crippen LogP contribution in [0.25, 0.3) is 0 Å². The lowest BCUT2D eigenvalue weighted by molar-refractivity contribution is 0.0535. The fourth-order valence-corrected chi connectivity index (χ4v) is 3.48. The minimum absolute atomic E-state index is 0.450. The lowest BCUT2D eigenvalue weighted by Crippen LogP contribution is -2.36. The summed E-state index contributed by atoms with van der Waals surface area (Å²) in [5, 5.41) is 8.07. The zero-order valence-corrected chi connectivity index (χ0v) is 12.5. The summed E-state index contributed by atoms with van der Waals surface area (Å²) in [6.07, 6.45) is 2.79. The maximum Gasteiger partial charge on any atom is 0.0639 e. The van der Waals surface area contributed by atoms with Crippen LogP contribution in [0.15, 0.2) is 16.8 Å². The smallest absolute Gasteiger partial charge is 0.0639 e. The van der Waals surface area contributed by atoms with E-state index < -0.39 is 0 Å². The van der Waals surface area contributed by atoms with Crippen LogP contribution in [0.3, 0.4) is 0 Å². The van der Waals surface area contributed by atoms with Gasteiger partial charge < -0.3 is 10.1 Å². The van der Waals surface area contributed by atoms with Crippen molar-refractivity contribution < 1.29 is 4.74 Å². The highest BCUT2D eigenvalue weighted by Gasteiger charge is 2.30. The zero-order chi connectivity index (χ0) is 13.0. The summed E-state index contributed by atoms with van der Waals surface area (Å²) in [6, 6.07) is 2.77. The summed E-state index contributed by atoms with van der Waals surface area (Å²) in [4.78, 5) is 0. The third kappa shape index (κ3) is 3.81. The van der Waals surface area contributed by atoms with Gasteiger partial charge in [0.05, 0.1) is 6.10 Å². The maximum absolute atomic E-state index is 5.83. The average Bonchev–Trinajstić information content (AvgIpc) is 2.96. The Bertz CT molecular complexity index is 336. The van der Waals surface area contributed by atoms with E-state index in [1.165, 1.54) is 12.0 Å². The van der Waals surface area contributed by atoms with Gasteiger partial charge in [-0.25, -0.2) is 0 Å². The van der Waals surface area contributed by atoms with Crippen molar-refractivity contribution in [3.8, 4) is 0 Å². The van der Waals surface area contributed by atoms with Crippen molar-refractivity contribution in [1.29, 1.82) is 0 Å². The molecule has 0 unspecified atom stereocenters. The third-order valence-corrected chi connectivity index (χ3v) is 4.50. The molecule has 2 heterocycles. The number of nitrogens with one attached hydrogen (secondary N) is 1. The Hall–Kier alpha value is -0.380. The van der Waals surface area contributed by atoms with Gasteiger partial charge in [0.15, 0.2) is 0 Å². The van der Waals surface area contributed by atoms with E-state index in [-0.39, 0.29) is 0 Å². The van der Waals surface area contributed by atoms with Gasteiger partial charge in [-0.1, -0.05) is 13.8 Å². The molecular weight excluding hydrogens is 242 g/mol. The molecule has 1 aliphatic rings. The molecule has 0 spiro atoms. The molecule has 1 fully saturated rings. The largest absolute Gasteiger partial charge is 0.378 e. The van der Waals surface area contributed by atoms with E-state index in [9.17, 15) is 0 Å². The predicted molar refractivity (Wildman–Crippen MR) is 78.2 cm³/mol. The summed E-state index contributed by atoms with van der Waals surface area (Å²) >= 11 is 1.78. The van der Waals surface area contributed by atoms with Crippen LogP contribution in [0.4, 0.5) is 0 Å². The van der Waals surface area contributed by atoms with Crippen LogP contribution in [0, 0.1) is 11.8 Å². The molecule has 102 valence electrons. The van der Waals surface area contributed by atoms with Crippen molar-refractivity contribution in [3.05, 3.63) is 22.4 Å². The van der Waals surface area contributed by atoms with Gasteiger partial charge in [0.1, 0.15) is 0 Å². The van der Waals surface area contributed by atoms with E-state index in [0.29, 0.717) is 24.0 Å². The van der Waals surface area contributed by atoms with E-state index in [1.807, 2.05) is 0 Å². The first-order valence-corrected chi connectivity index (χ1v) is 7.97. The number of hydrogen-bond acceptors (Lipinski definition) is 3. The highest BCUT2D eigenvalue weighted by atomic mass is 32.1. The van der Waals surface area contributed by atoms with Crippen LogP contribution in [0.1, 0.15) is 32.8 Å². The molecule has 3 atom stereocenters. The van der Waals surface area contributed by atoms with Gasteiger partial charge in [-0.3, -0.25) is 0 Å². The molecule has 0 saturated carbocycles. The molecule has 1 aromatic heterocycles. The highest BCUT2D eigenvalue weighted by molar-refractivity contribution is 7.07. The highest BCUT2D eigenvalue weighted by Crippen LogP contribution is 2.26. The number of thiophene rings is 1. The van der Waals surface area contributed by atoms with Gasteiger partial charge >= 0.3 is 0 Å². The molecule has 1 aromatic rings. The van der Waals surface area contributed by atoms with Crippen LogP contribution in [-0.4, -0.2) is 25.3 Å². The summed E-state index contributed by atoms with van der Waals surface area (Å²) < 4.78 is 5.83. The Kier molecular flexibility index (Phi) is 5.22. The number of hydrogen-bond donors (Lipinski definition) is 1. The van der Waals surface area contributed by atoms with Gasteiger partial charge in [-0.15, -0.1) is 0 Å². The van der Waals surface area contributed by atoms with Crippen molar-refractivity contribution in [2.24, 2.45) is 11.8 Å². The van der Waals surface area contributed by atoms with Gasteiger partial charge in [0.2, 0.25) is 0 Å². The Morgan fingerprint density at radius 2 is 2.28 bits per heavy atom. The second kappa shape index (κ2) is 6.69.